The van der Waals surface area contributed by atoms with Crippen molar-refractivity contribution in [2.24, 2.45) is 0 Å². The number of hydrogen-bond donors (Lipinski definition) is 2. The average molecular weight is 526 g/mol. The van der Waals surface area contributed by atoms with Crippen LogP contribution >= 0.6 is 11.6 Å². The number of rotatable bonds is 7. The number of fused-ring (bicyclic) bond motifs is 1. The zero-order valence-corrected chi connectivity index (χ0v) is 21.2. The molecule has 0 saturated heterocycles. The third kappa shape index (κ3) is 5.41. The van der Waals surface area contributed by atoms with Gasteiger partial charge in [-0.1, -0.05) is 90.5 Å². The molecule has 1 unspecified atom stereocenters. The number of anilines is 1. The monoisotopic (exact) mass is 525 g/mol. The van der Waals surface area contributed by atoms with Gasteiger partial charge in [0.25, 0.3) is 0 Å². The molecule has 0 fully saturated rings. The molecule has 190 valence electrons. The van der Waals surface area contributed by atoms with Crippen LogP contribution in [0.3, 0.4) is 0 Å². The number of hydrogen-bond acceptors (Lipinski definition) is 4. The Labute approximate surface area is 224 Å². The molecular weight excluding hydrogens is 502 g/mol. The van der Waals surface area contributed by atoms with E-state index in [1.54, 1.807) is 13.0 Å². The number of halogens is 1. The SMILES string of the molecule is CC(OC(=O)Nc1c(-c2ccc(-c3ccc(CC(=O)O)cc3)cc2)oc2ccccc12)c1ccccc1Cl. The van der Waals surface area contributed by atoms with Crippen molar-refractivity contribution < 1.29 is 23.8 Å². The largest absolute Gasteiger partial charge is 0.481 e. The summed E-state index contributed by atoms with van der Waals surface area (Å²) in [5, 5.41) is 13.1. The Morgan fingerprint density at radius 3 is 2.16 bits per heavy atom. The van der Waals surface area contributed by atoms with Crippen molar-refractivity contribution in [3.05, 3.63) is 113 Å². The van der Waals surface area contributed by atoms with Gasteiger partial charge in [-0.05, 0) is 41.8 Å². The van der Waals surface area contributed by atoms with Crippen molar-refractivity contribution in [3.8, 4) is 22.5 Å². The summed E-state index contributed by atoms with van der Waals surface area (Å²) in [6.07, 6.45) is -1.18. The molecule has 1 amide bonds. The van der Waals surface area contributed by atoms with Crippen LogP contribution in [0.1, 0.15) is 24.2 Å². The lowest BCUT2D eigenvalue weighted by atomic mass is 10.0. The third-order valence-corrected chi connectivity index (χ3v) is 6.58. The van der Waals surface area contributed by atoms with Crippen LogP contribution in [0.25, 0.3) is 33.4 Å². The van der Waals surface area contributed by atoms with E-state index < -0.39 is 18.2 Å². The molecule has 1 atom stereocenters. The Kier molecular flexibility index (Phi) is 7.15. The predicted molar refractivity (Wildman–Crippen MR) is 148 cm³/mol. The summed E-state index contributed by atoms with van der Waals surface area (Å²) < 4.78 is 11.8. The highest BCUT2D eigenvalue weighted by Crippen LogP contribution is 2.39. The fourth-order valence-electron chi connectivity index (χ4n) is 4.34. The number of carboxylic acid groups (broad SMARTS) is 1. The molecule has 0 aliphatic carbocycles. The Morgan fingerprint density at radius 1 is 0.868 bits per heavy atom. The lowest BCUT2D eigenvalue weighted by Crippen LogP contribution is -2.16. The number of amides is 1. The summed E-state index contributed by atoms with van der Waals surface area (Å²) >= 11 is 6.26. The van der Waals surface area contributed by atoms with E-state index in [0.717, 1.165) is 27.6 Å². The van der Waals surface area contributed by atoms with E-state index in [4.69, 9.17) is 25.9 Å². The van der Waals surface area contributed by atoms with Crippen molar-refractivity contribution in [2.75, 3.05) is 5.32 Å². The van der Waals surface area contributed by atoms with Crippen LogP contribution < -0.4 is 5.32 Å². The quantitative estimate of drug-likeness (QED) is 0.223. The molecule has 0 bridgehead atoms. The summed E-state index contributed by atoms with van der Waals surface area (Å²) in [7, 11) is 0. The van der Waals surface area contributed by atoms with Crippen molar-refractivity contribution in [1.29, 1.82) is 0 Å². The second-order valence-electron chi connectivity index (χ2n) is 8.84. The van der Waals surface area contributed by atoms with E-state index in [0.29, 0.717) is 27.6 Å². The number of carbonyl (C=O) groups excluding carboxylic acids is 1. The third-order valence-electron chi connectivity index (χ3n) is 6.24. The first-order chi connectivity index (χ1) is 18.4. The molecule has 5 rings (SSSR count). The Morgan fingerprint density at radius 2 is 1.47 bits per heavy atom. The number of benzene rings is 4. The molecule has 6 nitrogen and oxygen atoms in total. The zero-order valence-electron chi connectivity index (χ0n) is 20.5. The first-order valence-corrected chi connectivity index (χ1v) is 12.4. The van der Waals surface area contributed by atoms with E-state index >= 15 is 0 Å². The van der Waals surface area contributed by atoms with Gasteiger partial charge in [-0.2, -0.15) is 0 Å². The van der Waals surface area contributed by atoms with Crippen LogP contribution in [0, 0.1) is 0 Å². The van der Waals surface area contributed by atoms with Crippen LogP contribution in [0.2, 0.25) is 5.02 Å². The van der Waals surface area contributed by atoms with Crippen molar-refractivity contribution in [2.45, 2.75) is 19.4 Å². The van der Waals surface area contributed by atoms with E-state index in [2.05, 4.69) is 5.32 Å². The van der Waals surface area contributed by atoms with Gasteiger partial charge in [0.2, 0.25) is 0 Å². The normalized spacial score (nSPS) is 11.7. The second kappa shape index (κ2) is 10.8. The lowest BCUT2D eigenvalue weighted by Gasteiger charge is -2.15. The zero-order chi connectivity index (χ0) is 26.6. The van der Waals surface area contributed by atoms with Crippen LogP contribution in [-0.2, 0) is 16.0 Å². The highest BCUT2D eigenvalue weighted by molar-refractivity contribution is 6.31. The second-order valence-corrected chi connectivity index (χ2v) is 9.25. The Bertz CT molecular complexity index is 1610. The van der Waals surface area contributed by atoms with E-state index in [1.165, 1.54) is 0 Å². The van der Waals surface area contributed by atoms with Gasteiger partial charge in [0.05, 0.1) is 12.1 Å². The average Bonchev–Trinajstić information content (AvgIpc) is 3.27. The van der Waals surface area contributed by atoms with Crippen LogP contribution in [-0.4, -0.2) is 17.2 Å². The van der Waals surface area contributed by atoms with Crippen molar-refractivity contribution in [1.82, 2.24) is 0 Å². The van der Waals surface area contributed by atoms with Gasteiger partial charge in [0.15, 0.2) is 5.76 Å². The summed E-state index contributed by atoms with van der Waals surface area (Å²) in [5.74, 6) is -0.351. The standard InChI is InChI=1S/C31H24ClNO5/c1-19(24-6-2-4-8-26(24)32)37-31(36)33-29-25-7-3-5-9-27(25)38-30(29)23-16-14-22(15-17-23)21-12-10-20(11-13-21)18-28(34)35/h2-17,19H,18H2,1H3,(H,33,36)(H,34,35). The maximum absolute atomic E-state index is 12.9. The molecule has 1 aromatic heterocycles. The number of ether oxygens (including phenoxy) is 1. The van der Waals surface area contributed by atoms with E-state index in [9.17, 15) is 9.59 Å². The summed E-state index contributed by atoms with van der Waals surface area (Å²) in [6, 6.07) is 29.9. The molecule has 0 aliphatic heterocycles. The first-order valence-electron chi connectivity index (χ1n) is 12.0. The molecule has 0 radical (unpaired) electrons. The number of aliphatic carboxylic acids is 1. The molecule has 5 aromatic rings. The number of carbonyl (C=O) groups is 2. The fraction of sp³-hybridized carbons (Fsp3) is 0.0968. The first kappa shape index (κ1) is 25.1. The topological polar surface area (TPSA) is 88.8 Å². The van der Waals surface area contributed by atoms with Crippen LogP contribution in [0.15, 0.2) is 101 Å². The Balaban J connectivity index is 1.40. The minimum absolute atomic E-state index is 0.0132. The van der Waals surface area contributed by atoms with Gasteiger partial charge < -0.3 is 14.3 Å². The Hall–Kier alpha value is -4.55. The maximum Gasteiger partial charge on any atom is 0.412 e. The van der Waals surface area contributed by atoms with Gasteiger partial charge in [0.1, 0.15) is 11.7 Å². The summed E-state index contributed by atoms with van der Waals surface area (Å²) in [6.45, 7) is 1.77. The molecule has 0 aliphatic rings. The van der Waals surface area contributed by atoms with E-state index in [-0.39, 0.29) is 6.42 Å². The molecule has 0 saturated carbocycles. The maximum atomic E-state index is 12.9. The molecule has 4 aromatic carbocycles. The van der Waals surface area contributed by atoms with Crippen molar-refractivity contribution in [3.63, 3.8) is 0 Å². The number of nitrogens with one attached hydrogen (secondary N) is 1. The lowest BCUT2D eigenvalue weighted by molar-refractivity contribution is -0.136. The van der Waals surface area contributed by atoms with Gasteiger partial charge in [-0.25, -0.2) is 4.79 Å². The molecule has 0 spiro atoms. The van der Waals surface area contributed by atoms with Crippen LogP contribution in [0.5, 0.6) is 0 Å². The molecule has 1 heterocycles. The number of para-hydroxylation sites is 1. The van der Waals surface area contributed by atoms with Crippen molar-refractivity contribution >= 4 is 40.3 Å². The minimum Gasteiger partial charge on any atom is -0.481 e. The predicted octanol–water partition coefficient (Wildman–Crippen LogP) is 8.36. The number of furan rings is 1. The number of carboxylic acids is 1. The van der Waals surface area contributed by atoms with Gasteiger partial charge in [-0.15, -0.1) is 0 Å². The molecular formula is C31H24ClNO5. The molecule has 38 heavy (non-hydrogen) atoms. The smallest absolute Gasteiger partial charge is 0.412 e. The van der Waals surface area contributed by atoms with Crippen LogP contribution in [0.4, 0.5) is 10.5 Å². The fourth-order valence-corrected chi connectivity index (χ4v) is 4.63. The minimum atomic E-state index is -0.862. The van der Waals surface area contributed by atoms with Gasteiger partial charge in [-0.3, -0.25) is 10.1 Å². The molecule has 2 N–H and O–H groups in total. The van der Waals surface area contributed by atoms with Gasteiger partial charge in [0, 0.05) is 21.5 Å². The van der Waals surface area contributed by atoms with Gasteiger partial charge >= 0.3 is 12.1 Å². The molecule has 7 heteroatoms. The summed E-state index contributed by atoms with van der Waals surface area (Å²) in [5.41, 5.74) is 5.32. The summed E-state index contributed by atoms with van der Waals surface area (Å²) in [4.78, 5) is 23.8. The highest BCUT2D eigenvalue weighted by Gasteiger charge is 2.21. The van der Waals surface area contributed by atoms with E-state index in [1.807, 2.05) is 91.0 Å². The highest BCUT2D eigenvalue weighted by atomic mass is 35.5.